The van der Waals surface area contributed by atoms with E-state index < -0.39 is 0 Å². The maximum absolute atomic E-state index is 12.5. The monoisotopic (exact) mass is 298 g/mol. The van der Waals surface area contributed by atoms with Crippen LogP contribution in [0.15, 0.2) is 54.9 Å². The van der Waals surface area contributed by atoms with Crippen LogP contribution < -0.4 is 0 Å². The van der Waals surface area contributed by atoms with Crippen molar-refractivity contribution in [2.24, 2.45) is 0 Å². The average molecular weight is 298 g/mol. The second-order valence-electron chi connectivity index (χ2n) is 5.08. The third-order valence-corrected chi connectivity index (χ3v) is 4.93. The van der Waals surface area contributed by atoms with Gasteiger partial charge in [0.05, 0.1) is 0 Å². The van der Waals surface area contributed by atoms with Crippen LogP contribution in [0.5, 0.6) is 0 Å². The van der Waals surface area contributed by atoms with Crippen molar-refractivity contribution >= 4 is 17.7 Å². The fourth-order valence-electron chi connectivity index (χ4n) is 2.57. The van der Waals surface area contributed by atoms with E-state index in [1.807, 2.05) is 47.0 Å². The van der Waals surface area contributed by atoms with Crippen molar-refractivity contribution < 1.29 is 4.79 Å². The minimum Gasteiger partial charge on any atom is -0.326 e. The molecular formula is C17H18N2OS. The number of pyridine rings is 1. The molecule has 0 N–H and O–H groups in total. The van der Waals surface area contributed by atoms with Gasteiger partial charge in [-0.15, -0.1) is 11.8 Å². The standard InChI is InChI=1S/C17H18N2OS/c20-16(7-6-14-4-2-1-3-5-14)19-12-13-21-17(19)15-8-10-18-11-9-15/h1-5,8-11,17H,6-7,12-13H2/t17-/m0/s1. The van der Waals surface area contributed by atoms with Crippen LogP contribution in [0, 0.1) is 0 Å². The third-order valence-electron chi connectivity index (χ3n) is 3.67. The molecule has 0 saturated carbocycles. The number of thioether (sulfide) groups is 1. The van der Waals surface area contributed by atoms with Gasteiger partial charge in [0.15, 0.2) is 0 Å². The van der Waals surface area contributed by atoms with Gasteiger partial charge in [-0.3, -0.25) is 9.78 Å². The van der Waals surface area contributed by atoms with Crippen molar-refractivity contribution in [2.75, 3.05) is 12.3 Å². The molecule has 1 fully saturated rings. The predicted octanol–water partition coefficient (Wildman–Crippen LogP) is 3.29. The highest BCUT2D eigenvalue weighted by Crippen LogP contribution is 2.37. The van der Waals surface area contributed by atoms with E-state index >= 15 is 0 Å². The molecule has 0 bridgehead atoms. The molecule has 2 heterocycles. The van der Waals surface area contributed by atoms with Crippen LogP contribution in [0.2, 0.25) is 0 Å². The molecule has 0 spiro atoms. The van der Waals surface area contributed by atoms with Gasteiger partial charge in [0.1, 0.15) is 5.37 Å². The van der Waals surface area contributed by atoms with E-state index in [1.165, 1.54) is 11.1 Å². The van der Waals surface area contributed by atoms with Crippen molar-refractivity contribution in [3.63, 3.8) is 0 Å². The first kappa shape index (κ1) is 14.1. The molecule has 21 heavy (non-hydrogen) atoms. The zero-order valence-corrected chi connectivity index (χ0v) is 12.6. The van der Waals surface area contributed by atoms with Crippen molar-refractivity contribution in [1.82, 2.24) is 9.88 Å². The van der Waals surface area contributed by atoms with Crippen LogP contribution in [0.1, 0.15) is 22.9 Å². The van der Waals surface area contributed by atoms with Crippen molar-refractivity contribution in [3.05, 3.63) is 66.0 Å². The van der Waals surface area contributed by atoms with Gasteiger partial charge in [0.25, 0.3) is 0 Å². The summed E-state index contributed by atoms with van der Waals surface area (Å²) in [5.41, 5.74) is 2.39. The lowest BCUT2D eigenvalue weighted by Gasteiger charge is -2.24. The van der Waals surface area contributed by atoms with Crippen LogP contribution >= 0.6 is 11.8 Å². The number of aromatic nitrogens is 1. The number of aryl methyl sites for hydroxylation is 1. The van der Waals surface area contributed by atoms with E-state index in [-0.39, 0.29) is 11.3 Å². The molecule has 3 rings (SSSR count). The van der Waals surface area contributed by atoms with Gasteiger partial charge in [-0.2, -0.15) is 0 Å². The maximum atomic E-state index is 12.5. The zero-order valence-electron chi connectivity index (χ0n) is 11.8. The van der Waals surface area contributed by atoms with E-state index in [9.17, 15) is 4.79 Å². The van der Waals surface area contributed by atoms with Crippen LogP contribution in [-0.4, -0.2) is 28.1 Å². The Morgan fingerprint density at radius 3 is 2.71 bits per heavy atom. The molecule has 0 radical (unpaired) electrons. The first-order valence-electron chi connectivity index (χ1n) is 7.19. The molecule has 4 heteroatoms. The van der Waals surface area contributed by atoms with Crippen molar-refractivity contribution in [1.29, 1.82) is 0 Å². The Bertz CT molecular complexity index is 588. The second-order valence-corrected chi connectivity index (χ2v) is 6.26. The van der Waals surface area contributed by atoms with Gasteiger partial charge >= 0.3 is 0 Å². The fraction of sp³-hybridized carbons (Fsp3) is 0.294. The van der Waals surface area contributed by atoms with E-state index in [4.69, 9.17) is 0 Å². The number of rotatable bonds is 4. The number of amides is 1. The molecule has 1 aromatic heterocycles. The third kappa shape index (κ3) is 3.45. The van der Waals surface area contributed by atoms with E-state index in [0.29, 0.717) is 6.42 Å². The molecule has 1 aliphatic rings. The molecule has 2 aromatic rings. The number of benzene rings is 1. The lowest BCUT2D eigenvalue weighted by Crippen LogP contribution is -2.30. The lowest BCUT2D eigenvalue weighted by molar-refractivity contribution is -0.131. The van der Waals surface area contributed by atoms with Gasteiger partial charge in [0, 0.05) is 31.1 Å². The van der Waals surface area contributed by atoms with Gasteiger partial charge < -0.3 is 4.90 Å². The first-order chi connectivity index (χ1) is 10.3. The number of carbonyl (C=O) groups excluding carboxylic acids is 1. The summed E-state index contributed by atoms with van der Waals surface area (Å²) >= 11 is 1.83. The highest BCUT2D eigenvalue weighted by Gasteiger charge is 2.30. The average Bonchev–Trinajstić information content (AvgIpc) is 3.04. The lowest BCUT2D eigenvalue weighted by atomic mass is 10.1. The number of hydrogen-bond donors (Lipinski definition) is 0. The number of hydrogen-bond acceptors (Lipinski definition) is 3. The van der Waals surface area contributed by atoms with Gasteiger partial charge in [-0.1, -0.05) is 30.3 Å². The summed E-state index contributed by atoms with van der Waals surface area (Å²) in [7, 11) is 0. The smallest absolute Gasteiger partial charge is 0.224 e. The molecule has 1 aliphatic heterocycles. The van der Waals surface area contributed by atoms with Crippen LogP contribution in [-0.2, 0) is 11.2 Å². The highest BCUT2D eigenvalue weighted by molar-refractivity contribution is 7.99. The van der Waals surface area contributed by atoms with Gasteiger partial charge in [-0.05, 0) is 29.7 Å². The molecule has 1 atom stereocenters. The summed E-state index contributed by atoms with van der Waals surface area (Å²) in [6.45, 7) is 0.839. The quantitative estimate of drug-likeness (QED) is 0.868. The minimum absolute atomic E-state index is 0.149. The van der Waals surface area contributed by atoms with Gasteiger partial charge in [-0.25, -0.2) is 0 Å². The largest absolute Gasteiger partial charge is 0.326 e. The Morgan fingerprint density at radius 2 is 1.95 bits per heavy atom. The topological polar surface area (TPSA) is 33.2 Å². The van der Waals surface area contributed by atoms with E-state index in [2.05, 4.69) is 17.1 Å². The SMILES string of the molecule is O=C(CCc1ccccc1)N1CCS[C@H]1c1ccncc1. The second kappa shape index (κ2) is 6.76. The molecule has 1 amide bonds. The Labute approximate surface area is 129 Å². The summed E-state index contributed by atoms with van der Waals surface area (Å²) in [4.78, 5) is 18.6. The summed E-state index contributed by atoms with van der Waals surface area (Å²) in [6, 6.07) is 14.2. The molecular weight excluding hydrogens is 280 g/mol. The molecule has 1 saturated heterocycles. The molecule has 1 aromatic carbocycles. The van der Waals surface area contributed by atoms with Gasteiger partial charge in [0.2, 0.25) is 5.91 Å². The van der Waals surface area contributed by atoms with Crippen molar-refractivity contribution in [2.45, 2.75) is 18.2 Å². The summed E-state index contributed by atoms with van der Waals surface area (Å²) in [5.74, 6) is 1.25. The van der Waals surface area contributed by atoms with Crippen LogP contribution in [0.3, 0.4) is 0 Å². The Morgan fingerprint density at radius 1 is 1.19 bits per heavy atom. The Hall–Kier alpha value is -1.81. The molecule has 3 nitrogen and oxygen atoms in total. The normalized spacial score (nSPS) is 17.9. The minimum atomic E-state index is 0.149. The summed E-state index contributed by atoms with van der Waals surface area (Å²) in [5, 5.41) is 0.149. The van der Waals surface area contributed by atoms with Crippen LogP contribution in [0.25, 0.3) is 0 Å². The fourth-order valence-corrected chi connectivity index (χ4v) is 3.85. The highest BCUT2D eigenvalue weighted by atomic mass is 32.2. The summed E-state index contributed by atoms with van der Waals surface area (Å²) in [6.07, 6.45) is 4.97. The Balaban J connectivity index is 1.64. The maximum Gasteiger partial charge on any atom is 0.224 e. The van der Waals surface area contributed by atoms with Crippen molar-refractivity contribution in [3.8, 4) is 0 Å². The van der Waals surface area contributed by atoms with E-state index in [1.54, 1.807) is 12.4 Å². The molecule has 0 unspecified atom stereocenters. The summed E-state index contributed by atoms with van der Waals surface area (Å²) < 4.78 is 0. The van der Waals surface area contributed by atoms with E-state index in [0.717, 1.165) is 18.7 Å². The zero-order chi connectivity index (χ0) is 14.5. The molecule has 0 aliphatic carbocycles. The van der Waals surface area contributed by atoms with Crippen LogP contribution in [0.4, 0.5) is 0 Å². The predicted molar refractivity (Wildman–Crippen MR) is 85.9 cm³/mol. The number of carbonyl (C=O) groups is 1. The molecule has 108 valence electrons. The Kier molecular flexibility index (Phi) is 4.55. The number of nitrogens with zero attached hydrogens (tertiary/aromatic N) is 2. The first-order valence-corrected chi connectivity index (χ1v) is 8.24.